The highest BCUT2D eigenvalue weighted by atomic mass is 32.1. The fourth-order valence-electron chi connectivity index (χ4n) is 2.66. The van der Waals surface area contributed by atoms with E-state index in [2.05, 4.69) is 6.07 Å². The lowest BCUT2D eigenvalue weighted by molar-refractivity contribution is -0.121. The van der Waals surface area contributed by atoms with Crippen molar-refractivity contribution in [1.29, 1.82) is 0 Å². The van der Waals surface area contributed by atoms with Crippen LogP contribution in [0.4, 0.5) is 0 Å². The summed E-state index contributed by atoms with van der Waals surface area (Å²) < 4.78 is 1.95. The van der Waals surface area contributed by atoms with Crippen LogP contribution in [0.5, 0.6) is 0 Å². The van der Waals surface area contributed by atoms with Gasteiger partial charge in [-0.15, -0.1) is 11.3 Å². The normalized spacial score (nSPS) is 18.1. The molecule has 0 saturated carbocycles. The predicted molar refractivity (Wildman–Crippen MR) is 81.1 cm³/mol. The number of primary amides is 1. The molecule has 1 aliphatic heterocycles. The molecule has 0 unspecified atom stereocenters. The molecule has 1 aliphatic rings. The fourth-order valence-corrected chi connectivity index (χ4v) is 3.36. The van der Waals surface area contributed by atoms with E-state index in [4.69, 9.17) is 5.73 Å². The number of hydrogen-bond acceptors (Lipinski definition) is 3. The third-order valence-corrected chi connectivity index (χ3v) is 4.69. The predicted octanol–water partition coefficient (Wildman–Crippen LogP) is 1.55. The van der Waals surface area contributed by atoms with E-state index in [-0.39, 0.29) is 17.7 Å². The van der Waals surface area contributed by atoms with Crippen molar-refractivity contribution in [2.45, 2.75) is 13.0 Å². The van der Waals surface area contributed by atoms with Gasteiger partial charge in [-0.05, 0) is 30.0 Å². The number of rotatable bonds is 4. The van der Waals surface area contributed by atoms with Gasteiger partial charge in [0.2, 0.25) is 5.91 Å². The summed E-state index contributed by atoms with van der Waals surface area (Å²) in [6, 6.07) is 7.76. The first-order valence-electron chi connectivity index (χ1n) is 6.91. The van der Waals surface area contributed by atoms with Crippen molar-refractivity contribution in [3.63, 3.8) is 0 Å². The van der Waals surface area contributed by atoms with E-state index in [1.54, 1.807) is 16.2 Å². The zero-order valence-corrected chi connectivity index (χ0v) is 12.4. The molecule has 1 atom stereocenters. The first-order chi connectivity index (χ1) is 10.1. The molecule has 21 heavy (non-hydrogen) atoms. The van der Waals surface area contributed by atoms with E-state index < -0.39 is 0 Å². The number of likely N-dealkylation sites (tertiary alicyclic amines) is 1. The highest BCUT2D eigenvalue weighted by molar-refractivity contribution is 7.09. The van der Waals surface area contributed by atoms with Crippen LogP contribution in [0.3, 0.4) is 0 Å². The lowest BCUT2D eigenvalue weighted by atomic mass is 10.1. The standard InChI is InChI=1S/C15H17N3O2S/c16-14(19)11-5-7-18(9-11)15(20)13-4-1-6-17(13)10-12-3-2-8-21-12/h1-4,6,8,11H,5,7,9-10H2,(H2,16,19)/t11-/m0/s1. The maximum atomic E-state index is 12.6. The van der Waals surface area contributed by atoms with Gasteiger partial charge in [0.1, 0.15) is 5.69 Å². The molecular formula is C15H17N3O2S. The van der Waals surface area contributed by atoms with Crippen molar-refractivity contribution < 1.29 is 9.59 Å². The Morgan fingerprint density at radius 2 is 2.19 bits per heavy atom. The van der Waals surface area contributed by atoms with Gasteiger partial charge < -0.3 is 15.2 Å². The van der Waals surface area contributed by atoms with Gasteiger partial charge in [-0.2, -0.15) is 0 Å². The van der Waals surface area contributed by atoms with Gasteiger partial charge >= 0.3 is 0 Å². The second kappa shape index (κ2) is 5.73. The van der Waals surface area contributed by atoms with Gasteiger partial charge in [-0.1, -0.05) is 6.07 Å². The molecule has 3 heterocycles. The number of amides is 2. The van der Waals surface area contributed by atoms with Crippen LogP contribution in [0, 0.1) is 5.92 Å². The maximum Gasteiger partial charge on any atom is 0.270 e. The van der Waals surface area contributed by atoms with Crippen molar-refractivity contribution in [2.24, 2.45) is 11.7 Å². The molecule has 0 aliphatic carbocycles. The average Bonchev–Trinajstić information content (AvgIpc) is 3.20. The van der Waals surface area contributed by atoms with Crippen LogP contribution in [-0.4, -0.2) is 34.4 Å². The Kier molecular flexibility index (Phi) is 3.79. The Morgan fingerprint density at radius 3 is 2.86 bits per heavy atom. The van der Waals surface area contributed by atoms with Crippen molar-refractivity contribution in [1.82, 2.24) is 9.47 Å². The fraction of sp³-hybridized carbons (Fsp3) is 0.333. The Hall–Kier alpha value is -2.08. The van der Waals surface area contributed by atoms with E-state index in [1.807, 2.05) is 34.3 Å². The molecule has 0 spiro atoms. The molecule has 2 N–H and O–H groups in total. The van der Waals surface area contributed by atoms with Gasteiger partial charge in [-0.3, -0.25) is 9.59 Å². The summed E-state index contributed by atoms with van der Waals surface area (Å²) in [5.74, 6) is -0.561. The quantitative estimate of drug-likeness (QED) is 0.931. The highest BCUT2D eigenvalue weighted by Gasteiger charge is 2.31. The number of nitrogens with two attached hydrogens (primary N) is 1. The first kappa shape index (κ1) is 13.9. The number of carbonyl (C=O) groups is 2. The summed E-state index contributed by atoms with van der Waals surface area (Å²) in [7, 11) is 0. The van der Waals surface area contributed by atoms with Crippen molar-refractivity contribution >= 4 is 23.2 Å². The lowest BCUT2D eigenvalue weighted by Crippen LogP contribution is -2.32. The summed E-state index contributed by atoms with van der Waals surface area (Å²) in [6.07, 6.45) is 2.57. The molecule has 0 bridgehead atoms. The second-order valence-electron chi connectivity index (χ2n) is 5.24. The lowest BCUT2D eigenvalue weighted by Gasteiger charge is -2.17. The number of nitrogens with zero attached hydrogens (tertiary/aromatic N) is 2. The number of carbonyl (C=O) groups excluding carboxylic acids is 2. The Balaban J connectivity index is 1.74. The number of thiophene rings is 1. The molecule has 0 aromatic carbocycles. The summed E-state index contributed by atoms with van der Waals surface area (Å²) in [5, 5.41) is 2.03. The van der Waals surface area contributed by atoms with Gasteiger partial charge in [-0.25, -0.2) is 0 Å². The van der Waals surface area contributed by atoms with Crippen LogP contribution < -0.4 is 5.73 Å². The summed E-state index contributed by atoms with van der Waals surface area (Å²) in [5.41, 5.74) is 5.98. The molecule has 6 heteroatoms. The van der Waals surface area contributed by atoms with E-state index in [0.717, 1.165) is 0 Å². The van der Waals surface area contributed by atoms with Gasteiger partial charge in [0, 0.05) is 24.2 Å². The monoisotopic (exact) mass is 303 g/mol. The van der Waals surface area contributed by atoms with E-state index in [0.29, 0.717) is 31.7 Å². The summed E-state index contributed by atoms with van der Waals surface area (Å²) in [4.78, 5) is 26.7. The topological polar surface area (TPSA) is 68.3 Å². The van der Waals surface area contributed by atoms with Gasteiger partial charge in [0.15, 0.2) is 0 Å². The highest BCUT2D eigenvalue weighted by Crippen LogP contribution is 2.20. The van der Waals surface area contributed by atoms with Crippen LogP contribution in [0.2, 0.25) is 0 Å². The largest absolute Gasteiger partial charge is 0.369 e. The van der Waals surface area contributed by atoms with Gasteiger partial charge in [0.25, 0.3) is 5.91 Å². The number of hydrogen-bond donors (Lipinski definition) is 1. The van der Waals surface area contributed by atoms with Crippen molar-refractivity contribution in [3.05, 3.63) is 46.4 Å². The molecule has 2 aromatic heterocycles. The molecule has 0 radical (unpaired) electrons. The second-order valence-corrected chi connectivity index (χ2v) is 6.27. The van der Waals surface area contributed by atoms with Crippen molar-refractivity contribution in [3.8, 4) is 0 Å². The maximum absolute atomic E-state index is 12.6. The molecule has 3 rings (SSSR count). The van der Waals surface area contributed by atoms with Gasteiger partial charge in [0.05, 0.1) is 12.5 Å². The Bertz CT molecular complexity index is 648. The molecule has 2 aromatic rings. The zero-order valence-electron chi connectivity index (χ0n) is 11.6. The van der Waals surface area contributed by atoms with E-state index in [9.17, 15) is 9.59 Å². The molecule has 110 valence electrons. The minimum absolute atomic E-state index is 0.0275. The zero-order chi connectivity index (χ0) is 14.8. The minimum atomic E-state index is -0.320. The van der Waals surface area contributed by atoms with Crippen LogP contribution in [0.1, 0.15) is 21.8 Å². The minimum Gasteiger partial charge on any atom is -0.369 e. The van der Waals surface area contributed by atoms with Crippen LogP contribution >= 0.6 is 11.3 Å². The SMILES string of the molecule is NC(=O)[C@H]1CCN(C(=O)c2cccn2Cc2cccs2)C1. The molecule has 1 saturated heterocycles. The molecular weight excluding hydrogens is 286 g/mol. The smallest absolute Gasteiger partial charge is 0.270 e. The number of aromatic nitrogens is 1. The van der Waals surface area contributed by atoms with Crippen LogP contribution in [0.15, 0.2) is 35.8 Å². The Labute approximate surface area is 127 Å². The van der Waals surface area contributed by atoms with E-state index in [1.165, 1.54) is 4.88 Å². The molecule has 5 nitrogen and oxygen atoms in total. The molecule has 1 fully saturated rings. The third-order valence-electron chi connectivity index (χ3n) is 3.83. The van der Waals surface area contributed by atoms with E-state index >= 15 is 0 Å². The first-order valence-corrected chi connectivity index (χ1v) is 7.79. The molecule has 2 amide bonds. The van der Waals surface area contributed by atoms with Crippen LogP contribution in [0.25, 0.3) is 0 Å². The average molecular weight is 303 g/mol. The third kappa shape index (κ3) is 2.85. The van der Waals surface area contributed by atoms with Crippen molar-refractivity contribution in [2.75, 3.05) is 13.1 Å². The van der Waals surface area contributed by atoms with Crippen LogP contribution in [-0.2, 0) is 11.3 Å². The Morgan fingerprint density at radius 1 is 1.33 bits per heavy atom. The summed E-state index contributed by atoms with van der Waals surface area (Å²) >= 11 is 1.67. The summed E-state index contributed by atoms with van der Waals surface area (Å²) in [6.45, 7) is 1.72.